The summed E-state index contributed by atoms with van der Waals surface area (Å²) in [4.78, 5) is 2.84. The summed E-state index contributed by atoms with van der Waals surface area (Å²) in [5.74, 6) is 0. The molecular formula is C12H14N2OS. The number of hydrogen-bond acceptors (Lipinski definition) is 3. The number of hydrogen-bond donors (Lipinski definition) is 0. The molecular weight excluding hydrogens is 220 g/mol. The van der Waals surface area contributed by atoms with E-state index in [1.54, 1.807) is 0 Å². The third kappa shape index (κ3) is 1.33. The van der Waals surface area contributed by atoms with Gasteiger partial charge in [-0.1, -0.05) is 12.1 Å². The highest BCUT2D eigenvalue weighted by atomic mass is 32.1. The maximum absolute atomic E-state index is 5.60. The van der Waals surface area contributed by atoms with Crippen molar-refractivity contribution >= 4 is 23.3 Å². The number of likely N-dealkylation sites (N-methyl/N-ethyl adjacent to an activating group) is 1. The van der Waals surface area contributed by atoms with E-state index in [9.17, 15) is 0 Å². The average molecular weight is 234 g/mol. The lowest BCUT2D eigenvalue weighted by atomic mass is 10.0. The van der Waals surface area contributed by atoms with Crippen LogP contribution < -0.4 is 0 Å². The third-order valence-electron chi connectivity index (χ3n) is 3.35. The fourth-order valence-electron chi connectivity index (χ4n) is 2.40. The number of aromatic nitrogens is 1. The van der Waals surface area contributed by atoms with Gasteiger partial charge in [0.1, 0.15) is 0 Å². The van der Waals surface area contributed by atoms with E-state index in [4.69, 9.17) is 16.6 Å². The molecule has 1 unspecified atom stereocenters. The molecule has 0 saturated heterocycles. The Labute approximate surface area is 99.3 Å². The molecule has 0 aliphatic carbocycles. The summed E-state index contributed by atoms with van der Waals surface area (Å²) < 4.78 is 7.72. The Hall–Kier alpha value is -1.13. The molecule has 4 heteroatoms. The summed E-state index contributed by atoms with van der Waals surface area (Å²) >= 11 is 5.26. The Kier molecular flexibility index (Phi) is 2.16. The molecule has 1 aliphatic rings. The van der Waals surface area contributed by atoms with Crippen LogP contribution in [-0.4, -0.2) is 29.6 Å². The molecule has 3 rings (SSSR count). The average Bonchev–Trinajstić information content (AvgIpc) is 2.58. The van der Waals surface area contributed by atoms with Crippen molar-refractivity contribution in [2.45, 2.75) is 19.0 Å². The summed E-state index contributed by atoms with van der Waals surface area (Å²) in [6.07, 6.45) is 1.07. The Bertz CT molecular complexity index is 597. The summed E-state index contributed by atoms with van der Waals surface area (Å²) in [5.41, 5.74) is 3.44. The Morgan fingerprint density at radius 1 is 1.44 bits per heavy atom. The van der Waals surface area contributed by atoms with Crippen LogP contribution >= 0.6 is 12.2 Å². The zero-order chi connectivity index (χ0) is 11.3. The van der Waals surface area contributed by atoms with E-state index in [-0.39, 0.29) is 0 Å². The molecule has 3 nitrogen and oxygen atoms in total. The summed E-state index contributed by atoms with van der Waals surface area (Å²) in [6, 6.07) is 6.69. The molecule has 1 aromatic carbocycles. The maximum Gasteiger partial charge on any atom is 0.269 e. The van der Waals surface area contributed by atoms with Crippen LogP contribution in [0.4, 0.5) is 0 Å². The van der Waals surface area contributed by atoms with Crippen molar-refractivity contribution in [2.24, 2.45) is 0 Å². The normalized spacial score (nSPS) is 19.6. The van der Waals surface area contributed by atoms with E-state index in [1.807, 2.05) is 12.1 Å². The minimum absolute atomic E-state index is 0.502. The first kappa shape index (κ1) is 10.1. The first-order valence-corrected chi connectivity index (χ1v) is 5.85. The van der Waals surface area contributed by atoms with Crippen LogP contribution in [0.1, 0.15) is 5.56 Å². The van der Waals surface area contributed by atoms with Gasteiger partial charge in [0.25, 0.3) is 4.84 Å². The summed E-state index contributed by atoms with van der Waals surface area (Å²) in [6.45, 7) is 0.926. The van der Waals surface area contributed by atoms with Crippen LogP contribution in [0.25, 0.3) is 11.1 Å². The molecule has 2 aromatic rings. The molecule has 2 heterocycles. The zero-order valence-corrected chi connectivity index (χ0v) is 10.3. The standard InChI is InChI=1S/C12H14N2OS/c1-13(2)9-6-8-4-3-5-10-11(8)14(7-9)12(16)15-10/h3-5,9H,6-7H2,1-2H3. The van der Waals surface area contributed by atoms with Gasteiger partial charge in [-0.25, -0.2) is 0 Å². The van der Waals surface area contributed by atoms with Crippen molar-refractivity contribution < 1.29 is 4.42 Å². The fourth-order valence-corrected chi connectivity index (χ4v) is 2.66. The molecule has 16 heavy (non-hydrogen) atoms. The van der Waals surface area contributed by atoms with Gasteiger partial charge in [0.15, 0.2) is 5.58 Å². The highest BCUT2D eigenvalue weighted by Gasteiger charge is 2.23. The van der Waals surface area contributed by atoms with Crippen LogP contribution in [0.3, 0.4) is 0 Å². The van der Waals surface area contributed by atoms with Gasteiger partial charge in [-0.05, 0) is 44.4 Å². The van der Waals surface area contributed by atoms with Gasteiger partial charge in [-0.3, -0.25) is 4.57 Å². The van der Waals surface area contributed by atoms with Gasteiger partial charge >= 0.3 is 0 Å². The quantitative estimate of drug-likeness (QED) is 0.707. The number of rotatable bonds is 1. The largest absolute Gasteiger partial charge is 0.429 e. The zero-order valence-electron chi connectivity index (χ0n) is 9.43. The van der Waals surface area contributed by atoms with Crippen molar-refractivity contribution in [3.05, 3.63) is 28.6 Å². The van der Waals surface area contributed by atoms with Crippen LogP contribution in [0, 0.1) is 4.84 Å². The van der Waals surface area contributed by atoms with Gasteiger partial charge in [-0.15, -0.1) is 0 Å². The molecule has 84 valence electrons. The second-order valence-electron chi connectivity index (χ2n) is 4.56. The molecule has 0 fully saturated rings. The fraction of sp³-hybridized carbons (Fsp3) is 0.417. The SMILES string of the molecule is CN(C)C1Cc2cccc3oc(=S)n(c23)C1. The van der Waals surface area contributed by atoms with E-state index in [1.165, 1.54) is 11.1 Å². The van der Waals surface area contributed by atoms with Gasteiger partial charge in [0.05, 0.1) is 5.52 Å². The summed E-state index contributed by atoms with van der Waals surface area (Å²) in [5, 5.41) is 0. The second-order valence-corrected chi connectivity index (χ2v) is 4.91. The number of benzene rings is 1. The second kappa shape index (κ2) is 3.43. The van der Waals surface area contributed by atoms with Crippen molar-refractivity contribution in [1.29, 1.82) is 0 Å². The molecule has 0 amide bonds. The predicted octanol–water partition coefficient (Wildman–Crippen LogP) is 2.45. The van der Waals surface area contributed by atoms with Crippen molar-refractivity contribution in [1.82, 2.24) is 9.47 Å². The van der Waals surface area contributed by atoms with E-state index >= 15 is 0 Å². The molecule has 0 bridgehead atoms. The summed E-state index contributed by atoms with van der Waals surface area (Å²) in [7, 11) is 4.22. The van der Waals surface area contributed by atoms with E-state index < -0.39 is 0 Å². The Morgan fingerprint density at radius 3 is 3.00 bits per heavy atom. The number of para-hydroxylation sites is 1. The van der Waals surface area contributed by atoms with Crippen LogP contribution in [0.15, 0.2) is 22.6 Å². The predicted molar refractivity (Wildman–Crippen MR) is 66.2 cm³/mol. The van der Waals surface area contributed by atoms with E-state index in [0.717, 1.165) is 18.5 Å². The van der Waals surface area contributed by atoms with Gasteiger partial charge in [0, 0.05) is 12.6 Å². The molecule has 1 atom stereocenters. The van der Waals surface area contributed by atoms with E-state index in [0.29, 0.717) is 10.9 Å². The van der Waals surface area contributed by atoms with Crippen molar-refractivity contribution in [3.63, 3.8) is 0 Å². The van der Waals surface area contributed by atoms with Crippen LogP contribution in [0.2, 0.25) is 0 Å². The van der Waals surface area contributed by atoms with Gasteiger partial charge in [0.2, 0.25) is 0 Å². The highest BCUT2D eigenvalue weighted by Crippen LogP contribution is 2.28. The lowest BCUT2D eigenvalue weighted by Gasteiger charge is -2.28. The minimum Gasteiger partial charge on any atom is -0.429 e. The third-order valence-corrected chi connectivity index (χ3v) is 3.65. The van der Waals surface area contributed by atoms with Gasteiger partial charge < -0.3 is 9.32 Å². The molecule has 1 aromatic heterocycles. The maximum atomic E-state index is 5.60. The lowest BCUT2D eigenvalue weighted by Crippen LogP contribution is -2.36. The van der Waals surface area contributed by atoms with Crippen LogP contribution in [-0.2, 0) is 13.0 Å². The lowest BCUT2D eigenvalue weighted by molar-refractivity contribution is 0.255. The monoisotopic (exact) mass is 234 g/mol. The topological polar surface area (TPSA) is 21.3 Å². The first-order valence-electron chi connectivity index (χ1n) is 5.44. The smallest absolute Gasteiger partial charge is 0.269 e. The minimum atomic E-state index is 0.502. The van der Waals surface area contributed by atoms with Crippen molar-refractivity contribution in [3.8, 4) is 0 Å². The van der Waals surface area contributed by atoms with E-state index in [2.05, 4.69) is 29.6 Å². The number of nitrogens with zero attached hydrogens (tertiary/aromatic N) is 2. The first-order chi connectivity index (χ1) is 7.66. The number of oxazole rings is 1. The molecule has 1 aliphatic heterocycles. The highest BCUT2D eigenvalue weighted by molar-refractivity contribution is 7.71. The molecule has 0 spiro atoms. The van der Waals surface area contributed by atoms with Gasteiger partial charge in [-0.2, -0.15) is 0 Å². The molecule has 0 N–H and O–H groups in total. The molecule has 0 saturated carbocycles. The molecule has 0 radical (unpaired) electrons. The Balaban J connectivity index is 2.25. The van der Waals surface area contributed by atoms with Crippen LogP contribution in [0.5, 0.6) is 0 Å². The van der Waals surface area contributed by atoms with Crippen molar-refractivity contribution in [2.75, 3.05) is 14.1 Å². The Morgan fingerprint density at radius 2 is 2.25 bits per heavy atom.